The van der Waals surface area contributed by atoms with E-state index < -0.39 is 0 Å². The molecule has 0 saturated heterocycles. The van der Waals surface area contributed by atoms with Crippen molar-refractivity contribution in [3.8, 4) is 0 Å². The number of aliphatic imine (C=N–C) groups is 1. The lowest BCUT2D eigenvalue weighted by Gasteiger charge is -2.22. The Kier molecular flexibility index (Phi) is 8.04. The zero-order valence-corrected chi connectivity index (χ0v) is 18.7. The van der Waals surface area contributed by atoms with Gasteiger partial charge in [-0.25, -0.2) is 0 Å². The first-order valence-electron chi connectivity index (χ1n) is 9.29. The number of nitrogens with one attached hydrogen (secondary N) is 2. The molecule has 0 saturated carbocycles. The fourth-order valence-electron chi connectivity index (χ4n) is 2.92. The summed E-state index contributed by atoms with van der Waals surface area (Å²) in [6, 6.07) is 7.52. The fraction of sp³-hybridized carbons (Fsp3) is 0.450. The van der Waals surface area contributed by atoms with Gasteiger partial charge < -0.3 is 15.5 Å². The summed E-state index contributed by atoms with van der Waals surface area (Å²) >= 11 is 3.38. The molecule has 28 heavy (non-hydrogen) atoms. The number of benzene rings is 1. The maximum Gasteiger partial charge on any atom is 0.226 e. The van der Waals surface area contributed by atoms with E-state index in [1.807, 2.05) is 54.1 Å². The van der Waals surface area contributed by atoms with Gasteiger partial charge in [-0.1, -0.05) is 29.8 Å². The van der Waals surface area contributed by atoms with Gasteiger partial charge in [-0.3, -0.25) is 14.5 Å². The van der Waals surface area contributed by atoms with Crippen molar-refractivity contribution in [3.05, 3.63) is 46.2 Å². The summed E-state index contributed by atoms with van der Waals surface area (Å²) < 4.78 is 2.83. The van der Waals surface area contributed by atoms with Crippen LogP contribution in [0.1, 0.15) is 37.4 Å². The molecule has 1 aromatic carbocycles. The average molecular weight is 449 g/mol. The molecule has 152 valence electrons. The predicted molar refractivity (Wildman–Crippen MR) is 118 cm³/mol. The van der Waals surface area contributed by atoms with Crippen molar-refractivity contribution < 1.29 is 4.79 Å². The van der Waals surface area contributed by atoms with Crippen LogP contribution >= 0.6 is 15.9 Å². The zero-order valence-electron chi connectivity index (χ0n) is 17.2. The molecule has 8 heteroatoms. The van der Waals surface area contributed by atoms with Crippen molar-refractivity contribution in [2.45, 2.75) is 32.7 Å². The van der Waals surface area contributed by atoms with Gasteiger partial charge >= 0.3 is 0 Å². The Labute approximate surface area is 175 Å². The molecule has 0 aliphatic carbocycles. The number of amides is 1. The van der Waals surface area contributed by atoms with Crippen LogP contribution in [0.4, 0.5) is 5.69 Å². The molecule has 2 N–H and O–H groups in total. The lowest BCUT2D eigenvalue weighted by molar-refractivity contribution is -0.116. The van der Waals surface area contributed by atoms with Gasteiger partial charge in [-0.2, -0.15) is 5.10 Å². The Hall–Kier alpha value is -2.35. The van der Waals surface area contributed by atoms with E-state index in [1.54, 1.807) is 7.05 Å². The summed E-state index contributed by atoms with van der Waals surface area (Å²) in [7, 11) is 5.66. The standard InChI is InChI=1S/C20H29BrN6O/c1-14(2)19-15(13-27(5)25-19)12-26(4)20(22-3)23-11-10-18(28)24-17-8-6-16(21)7-9-17/h6-9,13-14H,10-12H2,1-5H3,(H,22,23)(H,24,28). The summed E-state index contributed by atoms with van der Waals surface area (Å²) in [4.78, 5) is 18.5. The third-order valence-corrected chi connectivity index (χ3v) is 4.76. The van der Waals surface area contributed by atoms with Gasteiger partial charge in [-0.15, -0.1) is 0 Å². The van der Waals surface area contributed by atoms with Gasteiger partial charge in [-0.05, 0) is 30.2 Å². The van der Waals surface area contributed by atoms with Gasteiger partial charge in [0.15, 0.2) is 5.96 Å². The van der Waals surface area contributed by atoms with Gasteiger partial charge in [0, 0.05) is 62.6 Å². The lowest BCUT2D eigenvalue weighted by Crippen LogP contribution is -2.39. The number of halogens is 1. The smallest absolute Gasteiger partial charge is 0.226 e. The molecular formula is C20H29BrN6O. The van der Waals surface area contributed by atoms with E-state index in [-0.39, 0.29) is 5.91 Å². The number of guanidine groups is 1. The van der Waals surface area contributed by atoms with Crippen LogP contribution in [0.5, 0.6) is 0 Å². The van der Waals surface area contributed by atoms with Crippen LogP contribution in [0.2, 0.25) is 0 Å². The van der Waals surface area contributed by atoms with Crippen LogP contribution in [-0.4, -0.2) is 47.2 Å². The number of nitrogens with zero attached hydrogens (tertiary/aromatic N) is 4. The highest BCUT2D eigenvalue weighted by Crippen LogP contribution is 2.18. The SMILES string of the molecule is CN=C(NCCC(=O)Nc1ccc(Br)cc1)N(C)Cc1cn(C)nc1C(C)C. The van der Waals surface area contributed by atoms with Crippen LogP contribution in [0.15, 0.2) is 39.9 Å². The number of carbonyl (C=O) groups excluding carboxylic acids is 1. The Bertz CT molecular complexity index is 813. The molecule has 1 heterocycles. The number of rotatable bonds is 7. The highest BCUT2D eigenvalue weighted by Gasteiger charge is 2.15. The topological polar surface area (TPSA) is 74.6 Å². The van der Waals surface area contributed by atoms with Crippen LogP contribution in [0.25, 0.3) is 0 Å². The molecule has 2 rings (SSSR count). The Morgan fingerprint density at radius 3 is 2.61 bits per heavy atom. The molecule has 0 aliphatic rings. The van der Waals surface area contributed by atoms with Crippen molar-refractivity contribution in [1.82, 2.24) is 20.0 Å². The molecule has 0 unspecified atom stereocenters. The Morgan fingerprint density at radius 1 is 1.32 bits per heavy atom. The largest absolute Gasteiger partial charge is 0.356 e. The van der Waals surface area contributed by atoms with Gasteiger partial charge in [0.25, 0.3) is 0 Å². The average Bonchev–Trinajstić information content (AvgIpc) is 3.01. The molecule has 1 aromatic heterocycles. The van der Waals surface area contributed by atoms with E-state index >= 15 is 0 Å². The van der Waals surface area contributed by atoms with Gasteiger partial charge in [0.05, 0.1) is 5.69 Å². The first-order valence-corrected chi connectivity index (χ1v) is 10.1. The molecule has 0 aliphatic heterocycles. The lowest BCUT2D eigenvalue weighted by atomic mass is 10.1. The number of aromatic nitrogens is 2. The summed E-state index contributed by atoms with van der Waals surface area (Å²) in [5.41, 5.74) is 3.06. The first-order chi connectivity index (χ1) is 13.3. The minimum atomic E-state index is -0.0396. The van der Waals surface area contributed by atoms with E-state index in [1.165, 1.54) is 5.56 Å². The molecule has 0 spiro atoms. The molecule has 0 fully saturated rings. The van der Waals surface area contributed by atoms with Crippen LogP contribution in [0.3, 0.4) is 0 Å². The van der Waals surface area contributed by atoms with Crippen LogP contribution < -0.4 is 10.6 Å². The fourth-order valence-corrected chi connectivity index (χ4v) is 3.19. The molecule has 0 bridgehead atoms. The summed E-state index contributed by atoms with van der Waals surface area (Å²) in [5, 5.41) is 10.7. The van der Waals surface area contributed by atoms with E-state index in [9.17, 15) is 4.79 Å². The quantitative estimate of drug-likeness (QED) is 0.502. The molecule has 7 nitrogen and oxygen atoms in total. The maximum atomic E-state index is 12.1. The van der Waals surface area contributed by atoms with Crippen molar-refractivity contribution >= 4 is 33.5 Å². The number of hydrogen-bond acceptors (Lipinski definition) is 3. The van der Waals surface area contributed by atoms with Gasteiger partial charge in [0.1, 0.15) is 0 Å². The van der Waals surface area contributed by atoms with E-state index in [2.05, 4.69) is 50.5 Å². The molecule has 0 atom stereocenters. The minimum absolute atomic E-state index is 0.0396. The number of anilines is 1. The zero-order chi connectivity index (χ0) is 20.7. The van der Waals surface area contributed by atoms with E-state index in [4.69, 9.17) is 0 Å². The second-order valence-corrected chi connectivity index (χ2v) is 7.92. The summed E-state index contributed by atoms with van der Waals surface area (Å²) in [6.07, 6.45) is 2.40. The number of aryl methyl sites for hydroxylation is 1. The molecule has 2 aromatic rings. The highest BCUT2D eigenvalue weighted by molar-refractivity contribution is 9.10. The van der Waals surface area contributed by atoms with E-state index in [0.717, 1.165) is 21.8 Å². The minimum Gasteiger partial charge on any atom is -0.356 e. The second-order valence-electron chi connectivity index (χ2n) is 7.00. The van der Waals surface area contributed by atoms with Crippen molar-refractivity contribution in [3.63, 3.8) is 0 Å². The molecular weight excluding hydrogens is 420 g/mol. The van der Waals surface area contributed by atoms with Crippen molar-refractivity contribution in [1.29, 1.82) is 0 Å². The monoisotopic (exact) mass is 448 g/mol. The van der Waals surface area contributed by atoms with Crippen molar-refractivity contribution in [2.75, 3.05) is 26.0 Å². The number of carbonyl (C=O) groups is 1. The summed E-state index contributed by atoms with van der Waals surface area (Å²) in [6.45, 7) is 5.49. The van der Waals surface area contributed by atoms with E-state index in [0.29, 0.717) is 25.4 Å². The second kappa shape index (κ2) is 10.3. The first kappa shape index (κ1) is 21.9. The highest BCUT2D eigenvalue weighted by atomic mass is 79.9. The Balaban J connectivity index is 1.85. The van der Waals surface area contributed by atoms with Crippen molar-refractivity contribution in [2.24, 2.45) is 12.0 Å². The molecule has 1 amide bonds. The summed E-state index contributed by atoms with van der Waals surface area (Å²) in [5.74, 6) is 1.07. The van der Waals surface area contributed by atoms with Crippen LogP contribution in [0, 0.1) is 0 Å². The predicted octanol–water partition coefficient (Wildman–Crippen LogP) is 3.34. The third-order valence-electron chi connectivity index (χ3n) is 4.23. The maximum absolute atomic E-state index is 12.1. The Morgan fingerprint density at radius 2 is 2.00 bits per heavy atom. The normalized spacial score (nSPS) is 11.6. The van der Waals surface area contributed by atoms with Crippen LogP contribution in [-0.2, 0) is 18.4 Å². The number of hydrogen-bond donors (Lipinski definition) is 2. The third kappa shape index (κ3) is 6.37. The molecule has 0 radical (unpaired) electrons. The van der Waals surface area contributed by atoms with Gasteiger partial charge in [0.2, 0.25) is 5.91 Å².